The summed E-state index contributed by atoms with van der Waals surface area (Å²) in [6.07, 6.45) is 13.7. The Labute approximate surface area is 230 Å². The van der Waals surface area contributed by atoms with Gasteiger partial charge in [0.1, 0.15) is 11.6 Å². The van der Waals surface area contributed by atoms with Gasteiger partial charge in [0, 0.05) is 57.5 Å². The highest BCUT2D eigenvalue weighted by Crippen LogP contribution is 2.29. The summed E-state index contributed by atoms with van der Waals surface area (Å²) in [5, 5.41) is 10.9. The van der Waals surface area contributed by atoms with E-state index in [0.29, 0.717) is 23.8 Å². The van der Waals surface area contributed by atoms with Crippen LogP contribution in [0.15, 0.2) is 6.07 Å². The van der Waals surface area contributed by atoms with Crippen LogP contribution in [0, 0.1) is 11.8 Å². The van der Waals surface area contributed by atoms with Gasteiger partial charge in [-0.1, -0.05) is 19.3 Å². The molecule has 1 saturated heterocycles. The number of nitrogens with two attached hydrogens (primary N) is 1. The molecule has 1 aromatic rings. The van der Waals surface area contributed by atoms with Crippen LogP contribution in [-0.4, -0.2) is 95.8 Å². The van der Waals surface area contributed by atoms with Crippen molar-refractivity contribution in [3.05, 3.63) is 6.07 Å². The summed E-state index contributed by atoms with van der Waals surface area (Å²) in [7, 11) is -1.82. The molecule has 0 spiro atoms. The molecular weight excluding hydrogens is 499 g/mol. The van der Waals surface area contributed by atoms with E-state index in [1.807, 2.05) is 6.07 Å². The number of nitrogens with zero attached hydrogens (tertiary/aromatic N) is 4. The average Bonchev–Trinajstić information content (AvgIpc) is 2.94. The molecule has 10 nitrogen and oxygen atoms in total. The molecule has 1 aliphatic heterocycles. The summed E-state index contributed by atoms with van der Waals surface area (Å²) in [4.78, 5) is 32.0. The lowest BCUT2D eigenvalue weighted by Gasteiger charge is -2.35. The number of nitrogens with one attached hydrogen (secondary N) is 3. The van der Waals surface area contributed by atoms with E-state index in [2.05, 4.69) is 30.7 Å². The SMILES string of the molecule is Nc1cc(N2CCN(CCP(O)O)CC2)nc(NC[C@H]2CC[C@@H](CNCCCNC3CCCCC3)CC2)n1. The Morgan fingerprint density at radius 1 is 0.895 bits per heavy atom. The van der Waals surface area contributed by atoms with Crippen LogP contribution in [0.4, 0.5) is 17.6 Å². The number of rotatable bonds is 14. The van der Waals surface area contributed by atoms with Gasteiger partial charge in [0.15, 0.2) is 8.38 Å². The maximum atomic E-state index is 9.17. The van der Waals surface area contributed by atoms with E-state index in [0.717, 1.165) is 76.7 Å². The lowest BCUT2D eigenvalue weighted by molar-refractivity contribution is 0.269. The second-order valence-corrected chi connectivity index (χ2v) is 12.7. The Hall–Kier alpha value is -1.29. The molecule has 0 aromatic carbocycles. The first-order valence-corrected chi connectivity index (χ1v) is 16.4. The molecule has 0 bridgehead atoms. The van der Waals surface area contributed by atoms with Crippen molar-refractivity contribution >= 4 is 26.0 Å². The Morgan fingerprint density at radius 3 is 2.32 bits per heavy atom. The Bertz CT molecular complexity index is 797. The second-order valence-electron chi connectivity index (χ2n) is 11.5. The van der Waals surface area contributed by atoms with Gasteiger partial charge in [0.05, 0.1) is 0 Å². The first-order chi connectivity index (χ1) is 18.5. The largest absolute Gasteiger partial charge is 0.383 e. The van der Waals surface area contributed by atoms with Gasteiger partial charge in [0.25, 0.3) is 0 Å². The molecule has 38 heavy (non-hydrogen) atoms. The molecule has 3 aliphatic rings. The zero-order valence-corrected chi connectivity index (χ0v) is 24.1. The normalized spacial score (nSPS) is 23.7. The van der Waals surface area contributed by atoms with Gasteiger partial charge in [-0.05, 0) is 76.4 Å². The molecule has 0 radical (unpaired) electrons. The summed E-state index contributed by atoms with van der Waals surface area (Å²) < 4.78 is 0. The maximum absolute atomic E-state index is 9.17. The predicted octanol–water partition coefficient (Wildman–Crippen LogP) is 2.60. The van der Waals surface area contributed by atoms with Gasteiger partial charge in [0.2, 0.25) is 5.95 Å². The first-order valence-electron chi connectivity index (χ1n) is 15.0. The van der Waals surface area contributed by atoms with Crippen molar-refractivity contribution in [3.8, 4) is 0 Å². The van der Waals surface area contributed by atoms with Crippen molar-refractivity contribution in [2.45, 2.75) is 70.3 Å². The molecule has 2 saturated carbocycles. The highest BCUT2D eigenvalue weighted by atomic mass is 31.2. The molecule has 0 unspecified atom stereocenters. The quantitative estimate of drug-likeness (QED) is 0.152. The number of nitrogen functional groups attached to an aromatic ring is 1. The van der Waals surface area contributed by atoms with Gasteiger partial charge < -0.3 is 36.4 Å². The number of anilines is 3. The van der Waals surface area contributed by atoms with E-state index in [-0.39, 0.29) is 0 Å². The molecule has 0 amide bonds. The minimum Gasteiger partial charge on any atom is -0.383 e. The van der Waals surface area contributed by atoms with Gasteiger partial charge in [-0.15, -0.1) is 0 Å². The third kappa shape index (κ3) is 10.4. The molecule has 11 heteroatoms. The number of hydrogen-bond donors (Lipinski definition) is 6. The standard InChI is InChI=1S/C27H51N8O2P/c28-25-19-26(35-15-13-34(14-16-35)17-18-38(36)37)33-27(32-25)31-21-23-9-7-22(8-10-23)20-29-11-4-12-30-24-5-2-1-3-6-24/h19,22-24,29-30,36-37H,1-18,20-21H2,(H3,28,31,32,33)/t22-,23+. The molecule has 2 aliphatic carbocycles. The summed E-state index contributed by atoms with van der Waals surface area (Å²) in [5.74, 6) is 3.45. The van der Waals surface area contributed by atoms with E-state index < -0.39 is 8.38 Å². The van der Waals surface area contributed by atoms with Crippen LogP contribution >= 0.6 is 8.38 Å². The van der Waals surface area contributed by atoms with Crippen molar-refractivity contribution in [2.75, 3.05) is 81.0 Å². The second kappa shape index (κ2) is 16.1. The molecule has 216 valence electrons. The summed E-state index contributed by atoms with van der Waals surface area (Å²) in [5.41, 5.74) is 6.12. The Morgan fingerprint density at radius 2 is 1.61 bits per heavy atom. The Balaban J connectivity index is 1.08. The topological polar surface area (TPSA) is 135 Å². The van der Waals surface area contributed by atoms with Crippen molar-refractivity contribution in [1.29, 1.82) is 0 Å². The van der Waals surface area contributed by atoms with Crippen molar-refractivity contribution in [3.63, 3.8) is 0 Å². The average molecular weight is 551 g/mol. The van der Waals surface area contributed by atoms with E-state index in [1.165, 1.54) is 64.2 Å². The van der Waals surface area contributed by atoms with E-state index >= 15 is 0 Å². The fraction of sp³-hybridized carbons (Fsp3) is 0.852. The smallest absolute Gasteiger partial charge is 0.226 e. The van der Waals surface area contributed by atoms with Crippen LogP contribution in [0.2, 0.25) is 0 Å². The van der Waals surface area contributed by atoms with Gasteiger partial charge in [-0.2, -0.15) is 9.97 Å². The lowest BCUT2D eigenvalue weighted by atomic mass is 9.82. The van der Waals surface area contributed by atoms with Crippen LogP contribution in [0.1, 0.15) is 64.2 Å². The lowest BCUT2D eigenvalue weighted by Crippen LogP contribution is -2.47. The van der Waals surface area contributed by atoms with Crippen LogP contribution < -0.4 is 26.6 Å². The van der Waals surface area contributed by atoms with Crippen LogP contribution in [0.3, 0.4) is 0 Å². The van der Waals surface area contributed by atoms with E-state index in [4.69, 9.17) is 20.5 Å². The van der Waals surface area contributed by atoms with Gasteiger partial charge >= 0.3 is 0 Å². The number of hydrogen-bond acceptors (Lipinski definition) is 10. The molecule has 2 heterocycles. The molecule has 1 aromatic heterocycles. The van der Waals surface area contributed by atoms with Gasteiger partial charge in [-0.25, -0.2) is 0 Å². The van der Waals surface area contributed by atoms with E-state index in [1.54, 1.807) is 0 Å². The molecule has 0 atom stereocenters. The van der Waals surface area contributed by atoms with Crippen LogP contribution in [-0.2, 0) is 0 Å². The highest BCUT2D eigenvalue weighted by molar-refractivity contribution is 7.45. The summed E-state index contributed by atoms with van der Waals surface area (Å²) >= 11 is 0. The van der Waals surface area contributed by atoms with Crippen LogP contribution in [0.5, 0.6) is 0 Å². The third-order valence-corrected chi connectivity index (χ3v) is 9.16. The third-order valence-electron chi connectivity index (χ3n) is 8.56. The van der Waals surface area contributed by atoms with Crippen molar-refractivity contribution in [2.24, 2.45) is 11.8 Å². The number of piperazine rings is 1. The highest BCUT2D eigenvalue weighted by Gasteiger charge is 2.22. The zero-order valence-electron chi connectivity index (χ0n) is 23.2. The monoisotopic (exact) mass is 550 g/mol. The molecular formula is C27H51N8O2P. The summed E-state index contributed by atoms with van der Waals surface area (Å²) in [6.45, 7) is 8.50. The fourth-order valence-corrected chi connectivity index (χ4v) is 6.59. The van der Waals surface area contributed by atoms with Crippen molar-refractivity contribution < 1.29 is 9.79 Å². The first kappa shape index (κ1) is 29.7. The zero-order chi connectivity index (χ0) is 26.6. The van der Waals surface area contributed by atoms with Crippen molar-refractivity contribution in [1.82, 2.24) is 25.5 Å². The fourth-order valence-electron chi connectivity index (χ4n) is 6.13. The molecule has 3 fully saturated rings. The Kier molecular flexibility index (Phi) is 12.6. The summed E-state index contributed by atoms with van der Waals surface area (Å²) in [6, 6.07) is 2.62. The van der Waals surface area contributed by atoms with Gasteiger partial charge in [-0.3, -0.25) is 4.90 Å². The molecule has 4 rings (SSSR count). The predicted molar refractivity (Wildman–Crippen MR) is 158 cm³/mol. The van der Waals surface area contributed by atoms with E-state index in [9.17, 15) is 0 Å². The van der Waals surface area contributed by atoms with Crippen LogP contribution in [0.25, 0.3) is 0 Å². The minimum atomic E-state index is -1.82. The molecule has 7 N–H and O–H groups in total. The number of aromatic nitrogens is 2. The minimum absolute atomic E-state index is 0.445. The maximum Gasteiger partial charge on any atom is 0.226 e.